The van der Waals surface area contributed by atoms with Gasteiger partial charge in [-0.05, 0) is 40.0 Å². The number of rotatable bonds is 6. The summed E-state index contributed by atoms with van der Waals surface area (Å²) in [4.78, 5) is 27.7. The Balaban J connectivity index is 2.05. The molecule has 1 saturated heterocycles. The van der Waals surface area contributed by atoms with Gasteiger partial charge in [-0.3, -0.25) is 14.5 Å². The van der Waals surface area contributed by atoms with Crippen molar-refractivity contribution in [2.24, 2.45) is 0 Å². The monoisotopic (exact) mass is 400 g/mol. The molecule has 1 unspecified atom stereocenters. The Hall–Kier alpha value is -2.26. The van der Waals surface area contributed by atoms with Crippen LogP contribution in [0.1, 0.15) is 31.1 Å². The van der Waals surface area contributed by atoms with E-state index >= 15 is 0 Å². The Bertz CT molecular complexity index is 708. The molecule has 0 bridgehead atoms. The van der Waals surface area contributed by atoms with Gasteiger partial charge in [0.2, 0.25) is 0 Å². The Labute approximate surface area is 162 Å². The van der Waals surface area contributed by atoms with Gasteiger partial charge >= 0.3 is 12.6 Å². The highest BCUT2D eigenvalue weighted by atomic mass is 19.3. The van der Waals surface area contributed by atoms with Gasteiger partial charge in [0, 0.05) is 13.1 Å². The number of para-hydroxylation sites is 1. The van der Waals surface area contributed by atoms with Crippen LogP contribution in [0.2, 0.25) is 0 Å². The number of benzene rings is 1. The number of hydrogen-bond acceptors (Lipinski definition) is 6. The number of hydrogen-bond donors (Lipinski definition) is 1. The molecule has 1 heterocycles. The predicted molar refractivity (Wildman–Crippen MR) is 97.2 cm³/mol. The molecule has 1 aliphatic heterocycles. The van der Waals surface area contributed by atoms with Gasteiger partial charge in [-0.1, -0.05) is 12.1 Å². The van der Waals surface area contributed by atoms with Crippen LogP contribution in [0.3, 0.4) is 0 Å². The maximum atomic E-state index is 12.8. The van der Waals surface area contributed by atoms with E-state index in [-0.39, 0.29) is 30.9 Å². The number of carbonyl (C=O) groups is 2. The van der Waals surface area contributed by atoms with Crippen molar-refractivity contribution in [1.82, 2.24) is 9.80 Å². The molecule has 28 heavy (non-hydrogen) atoms. The number of esters is 1. The van der Waals surface area contributed by atoms with Gasteiger partial charge in [0.05, 0.1) is 24.3 Å². The molecule has 9 heteroatoms. The molecule has 0 saturated carbocycles. The fraction of sp³-hybridized carbons (Fsp3) is 0.579. The smallest absolute Gasteiger partial charge is 0.387 e. The Morgan fingerprint density at radius 1 is 1.29 bits per heavy atom. The molecule has 1 aromatic rings. The quantitative estimate of drug-likeness (QED) is 0.733. The largest absolute Gasteiger partial charge is 0.459 e. The normalized spacial score (nSPS) is 20.0. The van der Waals surface area contributed by atoms with Crippen LogP contribution in [-0.2, 0) is 9.53 Å². The molecule has 2 rings (SSSR count). The first-order chi connectivity index (χ1) is 13.0. The molecule has 0 spiro atoms. The van der Waals surface area contributed by atoms with Crippen molar-refractivity contribution in [3.63, 3.8) is 0 Å². The molecule has 0 radical (unpaired) electrons. The van der Waals surface area contributed by atoms with Gasteiger partial charge in [0.25, 0.3) is 5.91 Å². The molecular formula is C19H26F2N2O5. The standard InChI is InChI=1S/C19H26F2N2O5/c1-19(2,3)28-16(25)11-22(4)13-9-23(10-14(13)24)17(26)12-7-5-6-8-15(12)27-18(20)21/h5-8,13-14,18,24H,9-11H2,1-4H3/t13?,14-/m1/s1. The van der Waals surface area contributed by atoms with Gasteiger partial charge in [-0.15, -0.1) is 0 Å². The number of nitrogens with zero attached hydrogens (tertiary/aromatic N) is 2. The minimum atomic E-state index is -3.05. The van der Waals surface area contributed by atoms with E-state index in [1.807, 2.05) is 0 Å². The molecule has 0 aromatic heterocycles. The summed E-state index contributed by atoms with van der Waals surface area (Å²) in [5, 5.41) is 10.3. The highest BCUT2D eigenvalue weighted by Crippen LogP contribution is 2.25. The lowest BCUT2D eigenvalue weighted by Gasteiger charge is -2.27. The van der Waals surface area contributed by atoms with Crippen molar-refractivity contribution in [2.75, 3.05) is 26.7 Å². The van der Waals surface area contributed by atoms with E-state index in [0.29, 0.717) is 0 Å². The topological polar surface area (TPSA) is 79.3 Å². The maximum absolute atomic E-state index is 12.8. The lowest BCUT2D eigenvalue weighted by atomic mass is 10.1. The number of carbonyl (C=O) groups excluding carboxylic acids is 2. The minimum Gasteiger partial charge on any atom is -0.459 e. The Morgan fingerprint density at radius 3 is 2.54 bits per heavy atom. The van der Waals surface area contributed by atoms with Gasteiger partial charge in [0.15, 0.2) is 0 Å². The fourth-order valence-corrected chi connectivity index (χ4v) is 3.08. The Kier molecular flexibility index (Phi) is 6.95. The van der Waals surface area contributed by atoms with Gasteiger partial charge in [-0.2, -0.15) is 8.78 Å². The second kappa shape index (κ2) is 8.83. The zero-order valence-corrected chi connectivity index (χ0v) is 16.4. The zero-order chi connectivity index (χ0) is 21.1. The number of amides is 1. The van der Waals surface area contributed by atoms with Crippen LogP contribution in [0.4, 0.5) is 8.78 Å². The van der Waals surface area contributed by atoms with Gasteiger partial charge in [-0.25, -0.2) is 0 Å². The van der Waals surface area contributed by atoms with E-state index in [4.69, 9.17) is 4.74 Å². The van der Waals surface area contributed by atoms with Crippen LogP contribution in [0.5, 0.6) is 5.75 Å². The fourth-order valence-electron chi connectivity index (χ4n) is 3.08. The maximum Gasteiger partial charge on any atom is 0.387 e. The van der Waals surface area contributed by atoms with E-state index in [0.717, 1.165) is 0 Å². The summed E-state index contributed by atoms with van der Waals surface area (Å²) in [6, 6.07) is 5.23. The van der Waals surface area contributed by atoms with Crippen LogP contribution >= 0.6 is 0 Å². The summed E-state index contributed by atoms with van der Waals surface area (Å²) in [5.41, 5.74) is -0.631. The summed E-state index contributed by atoms with van der Waals surface area (Å²) < 4.78 is 34.8. The van der Waals surface area contributed by atoms with Gasteiger partial charge < -0.3 is 19.5 Å². The summed E-state index contributed by atoms with van der Waals surface area (Å²) in [6.45, 7) is 2.34. The van der Waals surface area contributed by atoms with Crippen LogP contribution < -0.4 is 4.74 Å². The van der Waals surface area contributed by atoms with Gasteiger partial charge in [0.1, 0.15) is 11.4 Å². The summed E-state index contributed by atoms with van der Waals surface area (Å²) in [7, 11) is 1.65. The number of halogens is 2. The Morgan fingerprint density at radius 2 is 1.93 bits per heavy atom. The first-order valence-electron chi connectivity index (χ1n) is 8.91. The first-order valence-corrected chi connectivity index (χ1v) is 8.91. The third-order valence-electron chi connectivity index (χ3n) is 4.24. The summed E-state index contributed by atoms with van der Waals surface area (Å²) >= 11 is 0. The van der Waals surface area contributed by atoms with Crippen molar-refractivity contribution >= 4 is 11.9 Å². The number of β-amino-alcohol motifs (C(OH)–C–C–N with tert-alkyl or cyclic N) is 1. The molecule has 1 aromatic carbocycles. The number of likely N-dealkylation sites (tertiary alicyclic amines) is 1. The summed E-state index contributed by atoms with van der Waals surface area (Å²) in [5.74, 6) is -1.19. The third-order valence-corrected chi connectivity index (χ3v) is 4.24. The second-order valence-corrected chi connectivity index (χ2v) is 7.72. The second-order valence-electron chi connectivity index (χ2n) is 7.72. The van der Waals surface area contributed by atoms with E-state index in [9.17, 15) is 23.5 Å². The zero-order valence-electron chi connectivity index (χ0n) is 16.4. The lowest BCUT2D eigenvalue weighted by Crippen LogP contribution is -2.44. The molecule has 0 aliphatic carbocycles. The van der Waals surface area contributed by atoms with Crippen LogP contribution in [0.25, 0.3) is 0 Å². The number of aliphatic hydroxyl groups excluding tert-OH is 1. The van der Waals surface area contributed by atoms with E-state index in [1.165, 1.54) is 23.1 Å². The van der Waals surface area contributed by atoms with Crippen LogP contribution in [0, 0.1) is 0 Å². The molecule has 1 fully saturated rings. The van der Waals surface area contributed by atoms with Crippen molar-refractivity contribution < 1.29 is 33.0 Å². The molecule has 7 nitrogen and oxygen atoms in total. The van der Waals surface area contributed by atoms with Crippen molar-refractivity contribution in [2.45, 2.75) is 45.1 Å². The number of likely N-dealkylation sites (N-methyl/N-ethyl adjacent to an activating group) is 1. The highest BCUT2D eigenvalue weighted by Gasteiger charge is 2.38. The summed E-state index contributed by atoms with van der Waals surface area (Å²) in [6.07, 6.45) is -0.889. The van der Waals surface area contributed by atoms with E-state index < -0.39 is 36.2 Å². The van der Waals surface area contributed by atoms with Crippen molar-refractivity contribution in [1.29, 1.82) is 0 Å². The van der Waals surface area contributed by atoms with E-state index in [1.54, 1.807) is 38.8 Å². The SMILES string of the molecule is CN(CC(=O)OC(C)(C)C)C1CN(C(=O)c2ccccc2OC(F)F)C[C@H]1O. The minimum absolute atomic E-state index is 0.00885. The molecular weight excluding hydrogens is 374 g/mol. The van der Waals surface area contributed by atoms with Crippen LogP contribution in [0.15, 0.2) is 24.3 Å². The average Bonchev–Trinajstić information content (AvgIpc) is 2.94. The first kappa shape index (κ1) is 22.0. The van der Waals surface area contributed by atoms with Crippen molar-refractivity contribution in [3.8, 4) is 5.75 Å². The molecule has 2 atom stereocenters. The van der Waals surface area contributed by atoms with Crippen LogP contribution in [-0.4, -0.2) is 77.8 Å². The predicted octanol–water partition coefficient (Wildman–Crippen LogP) is 1.75. The molecule has 1 aliphatic rings. The number of ether oxygens (including phenoxy) is 2. The average molecular weight is 400 g/mol. The molecule has 156 valence electrons. The number of alkyl halides is 2. The van der Waals surface area contributed by atoms with Crippen molar-refractivity contribution in [3.05, 3.63) is 29.8 Å². The molecule has 1 N–H and O–H groups in total. The highest BCUT2D eigenvalue weighted by molar-refractivity contribution is 5.97. The molecule has 1 amide bonds. The lowest BCUT2D eigenvalue weighted by molar-refractivity contribution is -0.156. The number of aliphatic hydroxyl groups is 1. The van der Waals surface area contributed by atoms with E-state index in [2.05, 4.69) is 4.74 Å². The third kappa shape index (κ3) is 5.87.